The van der Waals surface area contributed by atoms with E-state index in [-0.39, 0.29) is 23.8 Å². The van der Waals surface area contributed by atoms with E-state index < -0.39 is 0 Å². The number of hydrogen-bond donors (Lipinski definition) is 0. The van der Waals surface area contributed by atoms with Crippen molar-refractivity contribution in [3.05, 3.63) is 29.8 Å². The number of carbonyl (C=O) groups excluding carboxylic acids is 2. The molecular weight excluding hydrogens is 292 g/mol. The second-order valence-electron chi connectivity index (χ2n) is 6.39. The minimum Gasteiger partial charge on any atom is -0.383 e. The van der Waals surface area contributed by atoms with E-state index in [0.29, 0.717) is 19.4 Å². The van der Waals surface area contributed by atoms with Gasteiger partial charge in [-0.25, -0.2) is 0 Å². The summed E-state index contributed by atoms with van der Waals surface area (Å²) in [6.45, 7) is 1.15. The van der Waals surface area contributed by atoms with E-state index in [9.17, 15) is 9.59 Å². The van der Waals surface area contributed by atoms with Crippen molar-refractivity contribution in [3.8, 4) is 0 Å². The first-order valence-corrected chi connectivity index (χ1v) is 8.27. The fraction of sp³-hybridized carbons (Fsp3) is 0.556. The number of aryl methyl sites for hydroxylation is 1. The second kappa shape index (κ2) is 6.71. The smallest absolute Gasteiger partial charge is 0.232 e. The number of nitrogens with zero attached hydrogens (tertiary/aromatic N) is 2. The fourth-order valence-electron chi connectivity index (χ4n) is 3.75. The third kappa shape index (κ3) is 2.98. The molecule has 0 aromatic heterocycles. The Bertz CT molecular complexity index is 602. The van der Waals surface area contributed by atoms with Crippen molar-refractivity contribution < 1.29 is 14.3 Å². The van der Waals surface area contributed by atoms with Gasteiger partial charge in [0.05, 0.1) is 18.6 Å². The van der Waals surface area contributed by atoms with Gasteiger partial charge in [-0.3, -0.25) is 9.59 Å². The van der Waals surface area contributed by atoms with Crippen molar-refractivity contribution in [1.82, 2.24) is 4.90 Å². The highest BCUT2D eigenvalue weighted by molar-refractivity contribution is 5.97. The molecule has 0 N–H and O–H groups in total. The number of methoxy groups -OCH3 is 1. The van der Waals surface area contributed by atoms with Crippen molar-refractivity contribution in [2.45, 2.75) is 31.7 Å². The van der Waals surface area contributed by atoms with E-state index in [2.05, 4.69) is 6.07 Å². The van der Waals surface area contributed by atoms with Gasteiger partial charge in [0.1, 0.15) is 0 Å². The van der Waals surface area contributed by atoms with Gasteiger partial charge in [0.25, 0.3) is 0 Å². The van der Waals surface area contributed by atoms with E-state index in [1.807, 2.05) is 23.1 Å². The second-order valence-corrected chi connectivity index (χ2v) is 6.39. The minimum atomic E-state index is -0.191. The topological polar surface area (TPSA) is 49.9 Å². The number of ether oxygens (including phenoxy) is 1. The van der Waals surface area contributed by atoms with Crippen LogP contribution in [-0.2, 0) is 20.7 Å². The van der Waals surface area contributed by atoms with E-state index in [1.54, 1.807) is 19.1 Å². The van der Waals surface area contributed by atoms with Gasteiger partial charge in [0.15, 0.2) is 0 Å². The molecule has 1 fully saturated rings. The molecule has 0 saturated carbocycles. The van der Waals surface area contributed by atoms with Crippen molar-refractivity contribution in [1.29, 1.82) is 0 Å². The van der Waals surface area contributed by atoms with Crippen LogP contribution in [0.25, 0.3) is 0 Å². The number of hydrogen-bond acceptors (Lipinski definition) is 3. The average Bonchev–Trinajstić information content (AvgIpc) is 2.58. The molecule has 5 nitrogen and oxygen atoms in total. The zero-order valence-corrected chi connectivity index (χ0v) is 13.8. The van der Waals surface area contributed by atoms with Gasteiger partial charge in [-0.05, 0) is 30.9 Å². The van der Waals surface area contributed by atoms with Crippen molar-refractivity contribution in [3.63, 3.8) is 0 Å². The summed E-state index contributed by atoms with van der Waals surface area (Å²) in [4.78, 5) is 28.8. The Balaban J connectivity index is 1.86. The van der Waals surface area contributed by atoms with Crippen LogP contribution in [0.3, 0.4) is 0 Å². The molecule has 0 unspecified atom stereocenters. The summed E-state index contributed by atoms with van der Waals surface area (Å²) in [5.74, 6) is 0.0255. The Morgan fingerprint density at radius 3 is 2.87 bits per heavy atom. The first-order chi connectivity index (χ1) is 11.1. The Hall–Kier alpha value is -1.88. The normalized spacial score (nSPS) is 24.5. The van der Waals surface area contributed by atoms with E-state index in [4.69, 9.17) is 4.74 Å². The first kappa shape index (κ1) is 16.0. The van der Waals surface area contributed by atoms with Crippen LogP contribution in [0.5, 0.6) is 0 Å². The lowest BCUT2D eigenvalue weighted by atomic mass is 9.87. The maximum absolute atomic E-state index is 13.2. The Kier molecular flexibility index (Phi) is 4.66. The highest BCUT2D eigenvalue weighted by Gasteiger charge is 2.40. The predicted octanol–water partition coefficient (Wildman–Crippen LogP) is 1.85. The predicted molar refractivity (Wildman–Crippen MR) is 88.3 cm³/mol. The average molecular weight is 316 g/mol. The van der Waals surface area contributed by atoms with Gasteiger partial charge in [-0.15, -0.1) is 0 Å². The summed E-state index contributed by atoms with van der Waals surface area (Å²) >= 11 is 0. The highest BCUT2D eigenvalue weighted by atomic mass is 16.5. The number of fused-ring (bicyclic) bond motifs is 1. The van der Waals surface area contributed by atoms with Crippen molar-refractivity contribution >= 4 is 17.5 Å². The summed E-state index contributed by atoms with van der Waals surface area (Å²) in [6, 6.07) is 7.94. The van der Waals surface area contributed by atoms with Gasteiger partial charge >= 0.3 is 0 Å². The third-order valence-electron chi connectivity index (χ3n) is 5.06. The van der Waals surface area contributed by atoms with Crippen LogP contribution >= 0.6 is 0 Å². The summed E-state index contributed by atoms with van der Waals surface area (Å²) < 4.78 is 5.27. The summed E-state index contributed by atoms with van der Waals surface area (Å²) in [5, 5.41) is 0. The van der Waals surface area contributed by atoms with Crippen LogP contribution in [0.1, 0.15) is 24.8 Å². The maximum atomic E-state index is 13.2. The molecule has 2 amide bonds. The standard InChI is InChI=1S/C18H24N2O3/c1-19-16(12-23-2)14(9-10-17(19)21)18(22)20-11-5-7-13-6-3-4-8-15(13)20/h3-4,6,8,14,16H,5,7,9-12H2,1-2H3/t14-,16-/m1/s1. The summed E-state index contributed by atoms with van der Waals surface area (Å²) in [6.07, 6.45) is 3.04. The molecule has 1 aromatic rings. The van der Waals surface area contributed by atoms with E-state index in [1.165, 1.54) is 5.56 Å². The lowest BCUT2D eigenvalue weighted by Crippen LogP contribution is -2.54. The zero-order chi connectivity index (χ0) is 16.4. The molecule has 0 bridgehead atoms. The molecule has 2 heterocycles. The van der Waals surface area contributed by atoms with Gasteiger partial charge < -0.3 is 14.5 Å². The monoisotopic (exact) mass is 316 g/mol. The van der Waals surface area contributed by atoms with Gasteiger partial charge in [0.2, 0.25) is 11.8 Å². The number of carbonyl (C=O) groups is 2. The SMILES string of the molecule is COC[C@@H]1[C@H](C(=O)N2CCCc3ccccc32)CCC(=O)N1C. The van der Waals surface area contributed by atoms with Gasteiger partial charge in [0, 0.05) is 32.8 Å². The van der Waals surface area contributed by atoms with Crippen LogP contribution < -0.4 is 4.90 Å². The number of para-hydroxylation sites is 1. The summed E-state index contributed by atoms with van der Waals surface area (Å²) in [5.41, 5.74) is 2.26. The molecule has 2 aliphatic rings. The van der Waals surface area contributed by atoms with Gasteiger partial charge in [-0.1, -0.05) is 18.2 Å². The van der Waals surface area contributed by atoms with Crippen LogP contribution in [0.2, 0.25) is 0 Å². The Labute approximate surface area is 137 Å². The van der Waals surface area contributed by atoms with E-state index >= 15 is 0 Å². The van der Waals surface area contributed by atoms with Crippen molar-refractivity contribution in [2.24, 2.45) is 5.92 Å². The number of likely N-dealkylation sites (tertiary alicyclic amines) is 1. The van der Waals surface area contributed by atoms with E-state index in [0.717, 1.165) is 25.1 Å². The highest BCUT2D eigenvalue weighted by Crippen LogP contribution is 2.32. The lowest BCUT2D eigenvalue weighted by molar-refractivity contribution is -0.142. The largest absolute Gasteiger partial charge is 0.383 e. The number of rotatable bonds is 3. The fourth-order valence-corrected chi connectivity index (χ4v) is 3.75. The summed E-state index contributed by atoms with van der Waals surface area (Å²) in [7, 11) is 3.39. The molecule has 124 valence electrons. The van der Waals surface area contributed by atoms with Gasteiger partial charge in [-0.2, -0.15) is 0 Å². The third-order valence-corrected chi connectivity index (χ3v) is 5.06. The minimum absolute atomic E-state index is 0.0927. The quantitative estimate of drug-likeness (QED) is 0.855. The number of amides is 2. The molecule has 1 aromatic carbocycles. The maximum Gasteiger partial charge on any atom is 0.232 e. The molecule has 5 heteroatoms. The van der Waals surface area contributed by atoms with Crippen LogP contribution in [0, 0.1) is 5.92 Å². The van der Waals surface area contributed by atoms with Crippen molar-refractivity contribution in [2.75, 3.05) is 32.2 Å². The Morgan fingerprint density at radius 1 is 1.30 bits per heavy atom. The number of piperidine rings is 1. The molecule has 23 heavy (non-hydrogen) atoms. The molecule has 1 saturated heterocycles. The Morgan fingerprint density at radius 2 is 2.09 bits per heavy atom. The molecule has 0 radical (unpaired) electrons. The zero-order valence-electron chi connectivity index (χ0n) is 13.8. The number of benzene rings is 1. The molecule has 0 spiro atoms. The van der Waals surface area contributed by atoms with Crippen LogP contribution in [-0.4, -0.2) is 50.1 Å². The number of likely N-dealkylation sites (N-methyl/N-ethyl adjacent to an activating group) is 1. The van der Waals surface area contributed by atoms with Crippen LogP contribution in [0.4, 0.5) is 5.69 Å². The molecule has 3 rings (SSSR count). The number of anilines is 1. The van der Waals surface area contributed by atoms with Crippen LogP contribution in [0.15, 0.2) is 24.3 Å². The molecular formula is C18H24N2O3. The first-order valence-electron chi connectivity index (χ1n) is 8.27. The molecule has 2 atom stereocenters. The molecule has 2 aliphatic heterocycles. The lowest BCUT2D eigenvalue weighted by Gasteiger charge is -2.41. The molecule has 0 aliphatic carbocycles.